The number of aromatic nitrogens is 1. The van der Waals surface area contributed by atoms with Crippen LogP contribution in [0.25, 0.3) is 0 Å². The Morgan fingerprint density at radius 2 is 2.00 bits per heavy atom. The molecule has 1 aliphatic rings. The number of carbonyl (C=O) groups is 2. The molecule has 0 N–H and O–H groups in total. The lowest BCUT2D eigenvalue weighted by Gasteiger charge is -2.28. The van der Waals surface area contributed by atoms with Gasteiger partial charge in [0.1, 0.15) is 5.82 Å². The Hall–Kier alpha value is -3.36. The van der Waals surface area contributed by atoms with Crippen molar-refractivity contribution in [2.75, 3.05) is 11.4 Å². The van der Waals surface area contributed by atoms with Gasteiger partial charge in [0.05, 0.1) is 6.54 Å². The molecule has 1 aliphatic heterocycles. The lowest BCUT2D eigenvalue weighted by Crippen LogP contribution is -2.47. The van der Waals surface area contributed by atoms with Gasteiger partial charge in [0.15, 0.2) is 17.6 Å². The van der Waals surface area contributed by atoms with E-state index in [-0.39, 0.29) is 23.7 Å². The molecular weight excluding hydrogens is 333 g/mol. The number of benzene rings is 1. The predicted molar refractivity (Wildman–Crippen MR) is 84.1 cm³/mol. The first kappa shape index (κ1) is 16.5. The fourth-order valence-electron chi connectivity index (χ4n) is 2.40. The standard InChI is InChI=1S/C16H12FN3O5/c1-9-16(22)19(8-12(21)10-2-4-11(17)5-3-10)15-13(25-9)6-7-14(18-15)20(23)24/h2-7,9H,8H2,1H3. The molecule has 0 radical (unpaired) electrons. The first-order valence-electron chi connectivity index (χ1n) is 7.29. The minimum atomic E-state index is -0.864. The molecule has 0 bridgehead atoms. The van der Waals surface area contributed by atoms with Crippen LogP contribution in [-0.4, -0.2) is 34.2 Å². The van der Waals surface area contributed by atoms with E-state index in [1.807, 2.05) is 0 Å². The smallest absolute Gasteiger partial charge is 0.366 e. The number of Topliss-reactive ketones (excluding diaryl/α,β-unsaturated/α-hetero) is 1. The number of rotatable bonds is 4. The maximum atomic E-state index is 13.0. The van der Waals surface area contributed by atoms with E-state index in [1.54, 1.807) is 0 Å². The molecule has 0 spiro atoms. The molecule has 1 atom stereocenters. The van der Waals surface area contributed by atoms with Crippen LogP contribution in [0.3, 0.4) is 0 Å². The van der Waals surface area contributed by atoms with Crippen LogP contribution in [-0.2, 0) is 4.79 Å². The van der Waals surface area contributed by atoms with Crippen molar-refractivity contribution >= 4 is 23.3 Å². The number of pyridine rings is 1. The molecule has 0 saturated heterocycles. The number of ketones is 1. The molecule has 25 heavy (non-hydrogen) atoms. The van der Waals surface area contributed by atoms with E-state index in [1.165, 1.54) is 25.1 Å². The molecule has 0 aliphatic carbocycles. The monoisotopic (exact) mass is 345 g/mol. The van der Waals surface area contributed by atoms with E-state index in [0.717, 1.165) is 23.1 Å². The summed E-state index contributed by atoms with van der Waals surface area (Å²) < 4.78 is 18.3. The molecule has 9 heteroatoms. The van der Waals surface area contributed by atoms with Gasteiger partial charge in [-0.2, -0.15) is 0 Å². The van der Waals surface area contributed by atoms with E-state index in [4.69, 9.17) is 4.74 Å². The van der Waals surface area contributed by atoms with Crippen molar-refractivity contribution in [1.29, 1.82) is 0 Å². The highest BCUT2D eigenvalue weighted by Gasteiger charge is 2.37. The molecule has 0 fully saturated rings. The molecule has 2 heterocycles. The number of hydrogen-bond donors (Lipinski definition) is 0. The van der Waals surface area contributed by atoms with E-state index in [0.29, 0.717) is 0 Å². The average molecular weight is 345 g/mol. The molecule has 8 nitrogen and oxygen atoms in total. The van der Waals surface area contributed by atoms with Gasteiger partial charge in [0.25, 0.3) is 11.7 Å². The summed E-state index contributed by atoms with van der Waals surface area (Å²) in [6.45, 7) is 1.11. The number of halogens is 1. The number of ether oxygens (including phenoxy) is 1. The Morgan fingerprint density at radius 1 is 1.32 bits per heavy atom. The number of anilines is 1. The summed E-state index contributed by atoms with van der Waals surface area (Å²) in [6, 6.07) is 7.35. The van der Waals surface area contributed by atoms with Crippen LogP contribution in [0.5, 0.6) is 5.75 Å². The highest BCUT2D eigenvalue weighted by molar-refractivity contribution is 6.07. The summed E-state index contributed by atoms with van der Waals surface area (Å²) in [5.41, 5.74) is 0.209. The Kier molecular flexibility index (Phi) is 4.14. The first-order valence-corrected chi connectivity index (χ1v) is 7.29. The second-order valence-electron chi connectivity index (χ2n) is 5.36. The predicted octanol–water partition coefficient (Wildman–Crippen LogP) is 2.13. The van der Waals surface area contributed by atoms with Gasteiger partial charge in [-0.25, -0.2) is 4.39 Å². The zero-order chi connectivity index (χ0) is 18.1. The van der Waals surface area contributed by atoms with Gasteiger partial charge in [-0.3, -0.25) is 14.5 Å². The zero-order valence-corrected chi connectivity index (χ0v) is 13.0. The number of fused-ring (bicyclic) bond motifs is 1. The maximum Gasteiger partial charge on any atom is 0.366 e. The first-order chi connectivity index (χ1) is 11.9. The lowest BCUT2D eigenvalue weighted by atomic mass is 10.1. The summed E-state index contributed by atoms with van der Waals surface area (Å²) in [6.07, 6.45) is -0.864. The molecule has 1 aromatic heterocycles. The molecule has 1 amide bonds. The largest absolute Gasteiger partial charge is 0.475 e. The highest BCUT2D eigenvalue weighted by Crippen LogP contribution is 2.34. The Labute approximate surface area is 141 Å². The number of amides is 1. The van der Waals surface area contributed by atoms with Crippen LogP contribution in [0.2, 0.25) is 0 Å². The maximum absolute atomic E-state index is 13.0. The number of carbonyl (C=O) groups excluding carboxylic acids is 2. The van der Waals surface area contributed by atoms with E-state index < -0.39 is 34.4 Å². The molecule has 1 aromatic carbocycles. The van der Waals surface area contributed by atoms with Gasteiger partial charge in [-0.1, -0.05) is 0 Å². The Bertz CT molecular complexity index is 869. The van der Waals surface area contributed by atoms with Gasteiger partial charge in [-0.15, -0.1) is 0 Å². The molecule has 128 valence electrons. The SMILES string of the molecule is CC1Oc2ccc([N+](=O)[O-])nc2N(CC(=O)c2ccc(F)cc2)C1=O. The molecule has 3 rings (SSSR count). The van der Waals surface area contributed by atoms with E-state index >= 15 is 0 Å². The van der Waals surface area contributed by atoms with Crippen molar-refractivity contribution in [3.63, 3.8) is 0 Å². The second kappa shape index (κ2) is 6.27. The molecular formula is C16H12FN3O5. The van der Waals surface area contributed by atoms with Crippen molar-refractivity contribution in [2.24, 2.45) is 0 Å². The van der Waals surface area contributed by atoms with Gasteiger partial charge in [0.2, 0.25) is 0 Å². The third-order valence-corrected chi connectivity index (χ3v) is 3.65. The van der Waals surface area contributed by atoms with Crippen LogP contribution in [0.1, 0.15) is 17.3 Å². The number of hydrogen-bond acceptors (Lipinski definition) is 6. The summed E-state index contributed by atoms with van der Waals surface area (Å²) in [7, 11) is 0. The van der Waals surface area contributed by atoms with Gasteiger partial charge in [0, 0.05) is 11.6 Å². The quantitative estimate of drug-likeness (QED) is 0.478. The normalized spacial score (nSPS) is 16.2. The minimum absolute atomic E-state index is 0.0900. The third-order valence-electron chi connectivity index (χ3n) is 3.65. The summed E-state index contributed by atoms with van der Waals surface area (Å²) >= 11 is 0. The number of nitro groups is 1. The van der Waals surface area contributed by atoms with E-state index in [2.05, 4.69) is 4.98 Å². The van der Waals surface area contributed by atoms with Crippen molar-refractivity contribution < 1.29 is 23.6 Å². The summed E-state index contributed by atoms with van der Waals surface area (Å²) in [4.78, 5) is 39.8. The number of nitrogens with zero attached hydrogens (tertiary/aromatic N) is 3. The van der Waals surface area contributed by atoms with Crippen molar-refractivity contribution in [1.82, 2.24) is 4.98 Å². The van der Waals surface area contributed by atoms with Crippen molar-refractivity contribution in [3.05, 3.63) is 57.9 Å². The summed E-state index contributed by atoms with van der Waals surface area (Å²) in [5.74, 6) is -1.88. The zero-order valence-electron chi connectivity index (χ0n) is 13.0. The Morgan fingerprint density at radius 3 is 2.64 bits per heavy atom. The van der Waals surface area contributed by atoms with Crippen LogP contribution >= 0.6 is 0 Å². The molecule has 0 saturated carbocycles. The molecule has 1 unspecified atom stereocenters. The van der Waals surface area contributed by atoms with Crippen LogP contribution < -0.4 is 9.64 Å². The fourth-order valence-corrected chi connectivity index (χ4v) is 2.40. The minimum Gasteiger partial charge on any atom is -0.475 e. The van der Waals surface area contributed by atoms with Gasteiger partial charge >= 0.3 is 5.82 Å². The van der Waals surface area contributed by atoms with Crippen molar-refractivity contribution in [2.45, 2.75) is 13.0 Å². The highest BCUT2D eigenvalue weighted by atomic mass is 19.1. The summed E-state index contributed by atoms with van der Waals surface area (Å²) in [5, 5.41) is 10.9. The Balaban J connectivity index is 1.95. The van der Waals surface area contributed by atoms with Crippen LogP contribution in [0.15, 0.2) is 36.4 Å². The van der Waals surface area contributed by atoms with Crippen LogP contribution in [0, 0.1) is 15.9 Å². The van der Waals surface area contributed by atoms with Gasteiger partial charge in [-0.05, 0) is 47.2 Å². The average Bonchev–Trinajstić information content (AvgIpc) is 2.59. The topological polar surface area (TPSA) is 103 Å². The third kappa shape index (κ3) is 3.16. The molecule has 2 aromatic rings. The van der Waals surface area contributed by atoms with E-state index in [9.17, 15) is 24.1 Å². The van der Waals surface area contributed by atoms with Crippen LogP contribution in [0.4, 0.5) is 16.0 Å². The second-order valence-corrected chi connectivity index (χ2v) is 5.36. The van der Waals surface area contributed by atoms with Gasteiger partial charge < -0.3 is 14.9 Å². The lowest BCUT2D eigenvalue weighted by molar-refractivity contribution is -0.389. The van der Waals surface area contributed by atoms with Crippen molar-refractivity contribution in [3.8, 4) is 5.75 Å². The fraction of sp³-hybridized carbons (Fsp3) is 0.188.